The maximum absolute atomic E-state index is 4.61. The molecule has 0 bridgehead atoms. The zero-order valence-corrected chi connectivity index (χ0v) is 14.2. The normalized spacial score (nSPS) is 11.1. The van der Waals surface area contributed by atoms with E-state index in [1.54, 1.807) is 0 Å². The van der Waals surface area contributed by atoms with Crippen LogP contribution in [-0.4, -0.2) is 27.2 Å². The van der Waals surface area contributed by atoms with Crippen LogP contribution in [0.3, 0.4) is 0 Å². The number of hydrogen-bond acceptors (Lipinski definition) is 4. The first-order chi connectivity index (χ1) is 12.3. The van der Waals surface area contributed by atoms with E-state index >= 15 is 0 Å². The van der Waals surface area contributed by atoms with Gasteiger partial charge in [0.2, 0.25) is 0 Å². The molecule has 25 heavy (non-hydrogen) atoms. The van der Waals surface area contributed by atoms with Crippen molar-refractivity contribution in [3.8, 4) is 22.5 Å². The van der Waals surface area contributed by atoms with Gasteiger partial charge in [-0.3, -0.25) is 15.1 Å². The molecule has 0 aliphatic rings. The van der Waals surface area contributed by atoms with Gasteiger partial charge in [-0.25, -0.2) is 0 Å². The number of fused-ring (bicyclic) bond motifs is 1. The molecular formula is C20H19N5. The molecule has 0 amide bonds. The third-order valence-corrected chi connectivity index (χ3v) is 4.28. The summed E-state index contributed by atoms with van der Waals surface area (Å²) in [6.45, 7) is 2.79. The quantitative estimate of drug-likeness (QED) is 0.599. The van der Waals surface area contributed by atoms with E-state index in [1.165, 1.54) is 5.56 Å². The summed E-state index contributed by atoms with van der Waals surface area (Å²) in [7, 11) is 1.95. The third-order valence-electron chi connectivity index (χ3n) is 4.28. The Labute approximate surface area is 146 Å². The van der Waals surface area contributed by atoms with Crippen molar-refractivity contribution in [1.82, 2.24) is 25.5 Å². The second-order valence-electron chi connectivity index (χ2n) is 6.04. The lowest BCUT2D eigenvalue weighted by Crippen LogP contribution is -2.05. The Hall–Kier alpha value is -3.05. The lowest BCUT2D eigenvalue weighted by Gasteiger charge is -2.08. The van der Waals surface area contributed by atoms with Gasteiger partial charge >= 0.3 is 0 Å². The van der Waals surface area contributed by atoms with E-state index in [1.807, 2.05) is 44.6 Å². The van der Waals surface area contributed by atoms with Crippen molar-refractivity contribution in [3.63, 3.8) is 0 Å². The van der Waals surface area contributed by atoms with Crippen molar-refractivity contribution in [2.75, 3.05) is 7.05 Å². The summed E-state index contributed by atoms with van der Waals surface area (Å²) in [5, 5.41) is 11.8. The highest BCUT2D eigenvalue weighted by Gasteiger charge is 2.13. The summed E-state index contributed by atoms with van der Waals surface area (Å²) < 4.78 is 0. The van der Waals surface area contributed by atoms with Crippen LogP contribution in [0.5, 0.6) is 0 Å². The van der Waals surface area contributed by atoms with Crippen LogP contribution in [-0.2, 0) is 6.54 Å². The Balaban J connectivity index is 1.86. The SMILES string of the molecule is CNCc1ccnc2ccc(-c3c[nH]nc3-c3cccc(C)n3)cc12. The van der Waals surface area contributed by atoms with Gasteiger partial charge in [-0.15, -0.1) is 0 Å². The van der Waals surface area contributed by atoms with Gasteiger partial charge < -0.3 is 5.32 Å². The van der Waals surface area contributed by atoms with Crippen molar-refractivity contribution >= 4 is 10.9 Å². The van der Waals surface area contributed by atoms with Crippen molar-refractivity contribution in [1.29, 1.82) is 0 Å². The average molecular weight is 329 g/mol. The fraction of sp³-hybridized carbons (Fsp3) is 0.150. The van der Waals surface area contributed by atoms with Gasteiger partial charge in [0.1, 0.15) is 5.69 Å². The van der Waals surface area contributed by atoms with Crippen molar-refractivity contribution < 1.29 is 0 Å². The lowest BCUT2D eigenvalue weighted by molar-refractivity contribution is 0.823. The number of nitrogens with zero attached hydrogens (tertiary/aromatic N) is 3. The van der Waals surface area contributed by atoms with E-state index in [0.717, 1.165) is 45.7 Å². The molecule has 0 fully saturated rings. The van der Waals surface area contributed by atoms with Gasteiger partial charge in [0.15, 0.2) is 0 Å². The Morgan fingerprint density at radius 1 is 1.12 bits per heavy atom. The molecule has 3 heterocycles. The fourth-order valence-electron chi connectivity index (χ4n) is 3.10. The topological polar surface area (TPSA) is 66.5 Å². The van der Waals surface area contributed by atoms with Crippen molar-refractivity contribution in [3.05, 3.63) is 66.1 Å². The summed E-state index contributed by atoms with van der Waals surface area (Å²) in [4.78, 5) is 9.08. The smallest absolute Gasteiger partial charge is 0.118 e. The van der Waals surface area contributed by atoms with Crippen LogP contribution in [0.2, 0.25) is 0 Å². The van der Waals surface area contributed by atoms with E-state index in [-0.39, 0.29) is 0 Å². The predicted octanol–water partition coefficient (Wildman–Crippen LogP) is 3.71. The van der Waals surface area contributed by atoms with E-state index in [9.17, 15) is 0 Å². The summed E-state index contributed by atoms with van der Waals surface area (Å²) in [6.07, 6.45) is 3.78. The van der Waals surface area contributed by atoms with Gasteiger partial charge in [0.25, 0.3) is 0 Å². The first-order valence-corrected chi connectivity index (χ1v) is 8.26. The molecule has 0 aliphatic heterocycles. The Bertz CT molecular complexity index is 1040. The number of H-pyrrole nitrogens is 1. The number of benzene rings is 1. The van der Waals surface area contributed by atoms with Gasteiger partial charge in [-0.05, 0) is 55.4 Å². The van der Waals surface area contributed by atoms with Gasteiger partial charge in [0, 0.05) is 35.6 Å². The molecular weight excluding hydrogens is 310 g/mol. The van der Waals surface area contributed by atoms with Crippen LogP contribution in [0.4, 0.5) is 0 Å². The number of nitrogens with one attached hydrogen (secondary N) is 2. The fourth-order valence-corrected chi connectivity index (χ4v) is 3.10. The minimum absolute atomic E-state index is 0.806. The van der Waals surface area contributed by atoms with Crippen LogP contribution in [0.25, 0.3) is 33.4 Å². The Morgan fingerprint density at radius 2 is 2.04 bits per heavy atom. The maximum atomic E-state index is 4.61. The molecule has 0 saturated heterocycles. The minimum atomic E-state index is 0.806. The highest BCUT2D eigenvalue weighted by atomic mass is 15.1. The standard InChI is InChI=1S/C20H19N5/c1-13-4-3-5-19(24-13)20-17(12-23-25-20)14-6-7-18-16(10-14)15(11-21-2)8-9-22-18/h3-10,12,21H,11H2,1-2H3,(H,23,25). The predicted molar refractivity (Wildman–Crippen MR) is 100 cm³/mol. The second-order valence-corrected chi connectivity index (χ2v) is 6.04. The van der Waals surface area contributed by atoms with E-state index < -0.39 is 0 Å². The summed E-state index contributed by atoms with van der Waals surface area (Å²) in [5.74, 6) is 0. The first-order valence-electron chi connectivity index (χ1n) is 8.26. The van der Waals surface area contributed by atoms with E-state index in [2.05, 4.69) is 49.7 Å². The molecule has 4 rings (SSSR count). The molecule has 3 aromatic heterocycles. The zero-order valence-electron chi connectivity index (χ0n) is 14.2. The highest BCUT2D eigenvalue weighted by Crippen LogP contribution is 2.31. The molecule has 2 N–H and O–H groups in total. The number of aromatic amines is 1. The van der Waals surface area contributed by atoms with Crippen LogP contribution in [0.15, 0.2) is 54.9 Å². The Kier molecular flexibility index (Phi) is 3.99. The zero-order chi connectivity index (χ0) is 17.2. The van der Waals surface area contributed by atoms with E-state index in [0.29, 0.717) is 0 Å². The molecule has 5 heteroatoms. The summed E-state index contributed by atoms with van der Waals surface area (Å²) >= 11 is 0. The third kappa shape index (κ3) is 2.90. The maximum Gasteiger partial charge on any atom is 0.118 e. The van der Waals surface area contributed by atoms with Crippen LogP contribution in [0.1, 0.15) is 11.3 Å². The van der Waals surface area contributed by atoms with E-state index in [4.69, 9.17) is 0 Å². The number of rotatable bonds is 4. The molecule has 0 unspecified atom stereocenters. The molecule has 4 aromatic rings. The summed E-state index contributed by atoms with van der Waals surface area (Å²) in [6, 6.07) is 14.4. The van der Waals surface area contributed by atoms with Gasteiger partial charge in [-0.2, -0.15) is 5.10 Å². The average Bonchev–Trinajstić information content (AvgIpc) is 3.12. The molecule has 5 nitrogen and oxygen atoms in total. The monoisotopic (exact) mass is 329 g/mol. The summed E-state index contributed by atoms with van der Waals surface area (Å²) in [5.41, 5.74) is 7.08. The highest BCUT2D eigenvalue weighted by molar-refractivity contribution is 5.89. The lowest BCUT2D eigenvalue weighted by atomic mass is 10.00. The van der Waals surface area contributed by atoms with Crippen molar-refractivity contribution in [2.24, 2.45) is 0 Å². The van der Waals surface area contributed by atoms with Crippen molar-refractivity contribution in [2.45, 2.75) is 13.5 Å². The van der Waals surface area contributed by atoms with Crippen LogP contribution < -0.4 is 5.32 Å². The number of hydrogen-bond donors (Lipinski definition) is 2. The van der Waals surface area contributed by atoms with Gasteiger partial charge in [-0.1, -0.05) is 12.1 Å². The molecule has 0 spiro atoms. The molecule has 0 saturated carbocycles. The molecule has 0 aliphatic carbocycles. The largest absolute Gasteiger partial charge is 0.316 e. The van der Waals surface area contributed by atoms with Crippen LogP contribution in [0, 0.1) is 6.92 Å². The first kappa shape index (κ1) is 15.5. The van der Waals surface area contributed by atoms with Gasteiger partial charge in [0.05, 0.1) is 11.2 Å². The number of pyridine rings is 2. The number of aryl methyl sites for hydroxylation is 1. The molecule has 124 valence electrons. The van der Waals surface area contributed by atoms with Crippen LogP contribution >= 0.6 is 0 Å². The molecule has 0 radical (unpaired) electrons. The minimum Gasteiger partial charge on any atom is -0.316 e. The Morgan fingerprint density at radius 3 is 2.88 bits per heavy atom. The molecule has 0 atom stereocenters. The second kappa shape index (κ2) is 6.45. The molecule has 1 aromatic carbocycles. The number of aromatic nitrogens is 4.